The van der Waals surface area contributed by atoms with E-state index in [1.165, 1.54) is 16.9 Å². The van der Waals surface area contributed by atoms with Gasteiger partial charge in [0.1, 0.15) is 18.2 Å². The molecule has 3 heterocycles. The summed E-state index contributed by atoms with van der Waals surface area (Å²) in [6.45, 7) is 2.59. The Morgan fingerprint density at radius 1 is 1.18 bits per heavy atom. The molecule has 4 rings (SSSR count). The minimum atomic E-state index is -3.20. The molecule has 0 saturated carbocycles. The summed E-state index contributed by atoms with van der Waals surface area (Å²) in [6, 6.07) is 7.04. The number of hydrogen-bond donors (Lipinski definition) is 1. The van der Waals surface area contributed by atoms with Crippen LogP contribution in [0.5, 0.6) is 17.5 Å². The van der Waals surface area contributed by atoms with Crippen LogP contribution in [0, 0.1) is 6.92 Å². The average Bonchev–Trinajstić information content (AvgIpc) is 3.07. The van der Waals surface area contributed by atoms with Gasteiger partial charge in [-0.25, -0.2) is 22.7 Å². The SMILES string of the molecule is Cc1c(Oc2cccc(/C=C3\SC(=O)NC3=O)c2)ncnc1OC1CCN(S(C)(=O)=O)CC1. The first-order chi connectivity index (χ1) is 15.7. The topological polar surface area (TPSA) is 128 Å². The van der Waals surface area contributed by atoms with Gasteiger partial charge >= 0.3 is 0 Å². The lowest BCUT2D eigenvalue weighted by Crippen LogP contribution is -2.41. The zero-order valence-electron chi connectivity index (χ0n) is 18.0. The number of piperidine rings is 1. The van der Waals surface area contributed by atoms with Crippen molar-refractivity contribution >= 4 is 39.0 Å². The molecule has 10 nitrogen and oxygen atoms in total. The molecule has 0 atom stereocenters. The third kappa shape index (κ3) is 5.70. The van der Waals surface area contributed by atoms with Gasteiger partial charge in [0.15, 0.2) is 0 Å². The highest BCUT2D eigenvalue weighted by Crippen LogP contribution is 2.31. The lowest BCUT2D eigenvalue weighted by Gasteiger charge is -2.30. The van der Waals surface area contributed by atoms with Crippen LogP contribution in [0.2, 0.25) is 0 Å². The molecule has 2 fully saturated rings. The van der Waals surface area contributed by atoms with Gasteiger partial charge in [-0.1, -0.05) is 12.1 Å². The van der Waals surface area contributed by atoms with Gasteiger partial charge in [-0.2, -0.15) is 0 Å². The molecule has 2 aliphatic rings. The van der Waals surface area contributed by atoms with Crippen molar-refractivity contribution < 1.29 is 27.5 Å². The van der Waals surface area contributed by atoms with E-state index in [2.05, 4.69) is 15.3 Å². The molecule has 1 N–H and O–H groups in total. The predicted octanol–water partition coefficient (Wildman–Crippen LogP) is 2.70. The number of carbonyl (C=O) groups is 2. The number of imide groups is 1. The van der Waals surface area contributed by atoms with Crippen LogP contribution in [0.15, 0.2) is 35.5 Å². The molecule has 2 aliphatic heterocycles. The first kappa shape index (κ1) is 23.2. The molecule has 0 unspecified atom stereocenters. The van der Waals surface area contributed by atoms with E-state index in [0.717, 1.165) is 11.8 Å². The number of hydrogen-bond acceptors (Lipinski definition) is 9. The van der Waals surface area contributed by atoms with Crippen molar-refractivity contribution in [3.05, 3.63) is 46.6 Å². The molecule has 174 valence electrons. The number of benzene rings is 1. The van der Waals surface area contributed by atoms with E-state index in [0.29, 0.717) is 59.5 Å². The Kier molecular flexibility index (Phi) is 6.68. The van der Waals surface area contributed by atoms with Gasteiger partial charge in [0, 0.05) is 13.1 Å². The van der Waals surface area contributed by atoms with E-state index in [4.69, 9.17) is 9.47 Å². The predicted molar refractivity (Wildman–Crippen MR) is 122 cm³/mol. The van der Waals surface area contributed by atoms with E-state index in [9.17, 15) is 18.0 Å². The maximum absolute atomic E-state index is 11.8. The van der Waals surface area contributed by atoms with E-state index >= 15 is 0 Å². The van der Waals surface area contributed by atoms with Crippen LogP contribution >= 0.6 is 11.8 Å². The zero-order valence-corrected chi connectivity index (χ0v) is 19.6. The number of aromatic nitrogens is 2. The van der Waals surface area contributed by atoms with Crippen molar-refractivity contribution in [1.82, 2.24) is 19.6 Å². The summed E-state index contributed by atoms with van der Waals surface area (Å²) < 4.78 is 36.8. The van der Waals surface area contributed by atoms with Gasteiger partial charge in [0.05, 0.1) is 16.7 Å². The summed E-state index contributed by atoms with van der Waals surface area (Å²) in [5.74, 6) is 0.774. The molecule has 2 saturated heterocycles. The first-order valence-electron chi connectivity index (χ1n) is 10.2. The Bertz CT molecular complexity index is 1220. The van der Waals surface area contributed by atoms with Gasteiger partial charge in [0.25, 0.3) is 11.1 Å². The van der Waals surface area contributed by atoms with Crippen LogP contribution in [0.1, 0.15) is 24.0 Å². The lowest BCUT2D eigenvalue weighted by atomic mass is 10.1. The quantitative estimate of drug-likeness (QED) is 0.608. The van der Waals surface area contributed by atoms with Crippen LogP contribution < -0.4 is 14.8 Å². The van der Waals surface area contributed by atoms with Crippen LogP contribution in [0.3, 0.4) is 0 Å². The fourth-order valence-electron chi connectivity index (χ4n) is 3.43. The number of ether oxygens (including phenoxy) is 2. The van der Waals surface area contributed by atoms with Crippen molar-refractivity contribution in [2.24, 2.45) is 0 Å². The van der Waals surface area contributed by atoms with E-state index < -0.39 is 21.2 Å². The second-order valence-corrected chi connectivity index (χ2v) is 10.6. The molecule has 0 radical (unpaired) electrons. The second-order valence-electron chi connectivity index (χ2n) is 7.62. The summed E-state index contributed by atoms with van der Waals surface area (Å²) in [7, 11) is -3.20. The summed E-state index contributed by atoms with van der Waals surface area (Å²) in [4.78, 5) is 31.8. The van der Waals surface area contributed by atoms with E-state index in [1.807, 2.05) is 0 Å². The first-order valence-corrected chi connectivity index (χ1v) is 12.8. The Morgan fingerprint density at radius 2 is 1.91 bits per heavy atom. The number of nitrogens with zero attached hydrogens (tertiary/aromatic N) is 3. The molecule has 0 spiro atoms. The van der Waals surface area contributed by atoms with E-state index in [1.54, 1.807) is 37.3 Å². The molecule has 1 aromatic heterocycles. The van der Waals surface area contributed by atoms with Crippen LogP contribution in [-0.4, -0.2) is 59.3 Å². The number of rotatable bonds is 6. The third-order valence-electron chi connectivity index (χ3n) is 5.15. The zero-order chi connectivity index (χ0) is 23.6. The van der Waals surface area contributed by atoms with Gasteiger partial charge in [-0.05, 0) is 55.3 Å². The van der Waals surface area contributed by atoms with Crippen LogP contribution in [-0.2, 0) is 14.8 Å². The Morgan fingerprint density at radius 3 is 2.58 bits per heavy atom. The molecule has 12 heteroatoms. The highest BCUT2D eigenvalue weighted by molar-refractivity contribution is 8.18. The minimum Gasteiger partial charge on any atom is -0.474 e. The van der Waals surface area contributed by atoms with E-state index in [-0.39, 0.29) is 6.10 Å². The Labute approximate surface area is 195 Å². The Hall–Kier alpha value is -2.96. The fraction of sp³-hybridized carbons (Fsp3) is 0.333. The maximum atomic E-state index is 11.8. The monoisotopic (exact) mass is 490 g/mol. The number of nitrogens with one attached hydrogen (secondary N) is 1. The number of amides is 2. The normalized spacial score (nSPS) is 19.0. The van der Waals surface area contributed by atoms with Crippen molar-refractivity contribution in [3.8, 4) is 17.5 Å². The smallest absolute Gasteiger partial charge is 0.290 e. The Balaban J connectivity index is 1.45. The largest absolute Gasteiger partial charge is 0.474 e. The number of thioether (sulfide) groups is 1. The summed E-state index contributed by atoms with van der Waals surface area (Å²) in [6.07, 6.45) is 5.15. The third-order valence-corrected chi connectivity index (χ3v) is 7.27. The average molecular weight is 491 g/mol. The lowest BCUT2D eigenvalue weighted by molar-refractivity contribution is -0.115. The molecule has 2 amide bonds. The van der Waals surface area contributed by atoms with Gasteiger partial charge < -0.3 is 9.47 Å². The van der Waals surface area contributed by atoms with Crippen LogP contribution in [0.25, 0.3) is 6.08 Å². The molecule has 33 heavy (non-hydrogen) atoms. The number of carbonyl (C=O) groups excluding carboxylic acids is 2. The molecular weight excluding hydrogens is 468 g/mol. The minimum absolute atomic E-state index is 0.155. The summed E-state index contributed by atoms with van der Waals surface area (Å²) in [5, 5.41) is 1.82. The van der Waals surface area contributed by atoms with Crippen LogP contribution in [0.4, 0.5) is 4.79 Å². The molecular formula is C21H22N4O6S2. The van der Waals surface area contributed by atoms with Gasteiger partial charge in [-0.15, -0.1) is 0 Å². The second kappa shape index (κ2) is 9.49. The number of sulfonamides is 1. The molecule has 1 aromatic carbocycles. The van der Waals surface area contributed by atoms with Crippen molar-refractivity contribution in [2.75, 3.05) is 19.3 Å². The summed E-state index contributed by atoms with van der Waals surface area (Å²) >= 11 is 0.848. The summed E-state index contributed by atoms with van der Waals surface area (Å²) in [5.41, 5.74) is 1.31. The van der Waals surface area contributed by atoms with Crippen molar-refractivity contribution in [3.63, 3.8) is 0 Å². The van der Waals surface area contributed by atoms with Gasteiger partial charge in [-0.3, -0.25) is 14.9 Å². The molecule has 0 bridgehead atoms. The van der Waals surface area contributed by atoms with Gasteiger partial charge in [0.2, 0.25) is 21.8 Å². The molecule has 0 aliphatic carbocycles. The maximum Gasteiger partial charge on any atom is 0.290 e. The fourth-order valence-corrected chi connectivity index (χ4v) is 4.99. The van der Waals surface area contributed by atoms with Crippen molar-refractivity contribution in [1.29, 1.82) is 0 Å². The van der Waals surface area contributed by atoms with Crippen molar-refractivity contribution in [2.45, 2.75) is 25.9 Å². The standard InChI is InChI=1S/C21H22N4O6S2/c1-13-19(30-15-6-8-25(9-7-15)33(2,28)29)22-12-23-20(13)31-16-5-3-4-14(10-16)11-17-18(26)24-21(27)32-17/h3-5,10-12,15H,6-9H2,1-2H3,(H,24,26,27)/b17-11-. The molecule has 2 aromatic rings. The highest BCUT2D eigenvalue weighted by Gasteiger charge is 2.27. The highest BCUT2D eigenvalue weighted by atomic mass is 32.2.